The molecule has 0 heterocycles. The molecule has 1 amide bonds. The van der Waals surface area contributed by atoms with Crippen LogP contribution in [0.4, 0.5) is 0 Å². The summed E-state index contributed by atoms with van der Waals surface area (Å²) in [6.07, 6.45) is 4.88. The van der Waals surface area contributed by atoms with Crippen LogP contribution in [-0.4, -0.2) is 51.8 Å². The summed E-state index contributed by atoms with van der Waals surface area (Å²) < 4.78 is 4.93. The zero-order valence-corrected chi connectivity index (χ0v) is 16.0. The molecule has 3 N–H and O–H groups in total. The van der Waals surface area contributed by atoms with Crippen molar-refractivity contribution in [1.29, 1.82) is 0 Å². The van der Waals surface area contributed by atoms with Gasteiger partial charge in [-0.05, 0) is 25.3 Å². The van der Waals surface area contributed by atoms with Crippen molar-refractivity contribution in [1.82, 2.24) is 16.0 Å². The van der Waals surface area contributed by atoms with Gasteiger partial charge in [0, 0.05) is 32.2 Å². The van der Waals surface area contributed by atoms with Crippen LogP contribution in [0.2, 0.25) is 0 Å². The van der Waals surface area contributed by atoms with Crippen LogP contribution in [0.15, 0.2) is 35.3 Å². The van der Waals surface area contributed by atoms with E-state index >= 15 is 0 Å². The summed E-state index contributed by atoms with van der Waals surface area (Å²) >= 11 is 0. The average Bonchev–Trinajstić information content (AvgIpc) is 3.15. The standard InChI is InChI=1S/C20H32N4O2/c1-3-21-19(23-15-18(25)22-13-14-26-2)24-16-20(11-7-8-12-20)17-9-5-4-6-10-17/h4-6,9-10H,3,7-8,11-16H2,1-2H3,(H,22,25)(H2,21,23,24). The van der Waals surface area contributed by atoms with Gasteiger partial charge in [0.05, 0.1) is 6.61 Å². The third-order valence-corrected chi connectivity index (χ3v) is 4.89. The highest BCUT2D eigenvalue weighted by Gasteiger charge is 2.35. The first-order chi connectivity index (χ1) is 12.7. The van der Waals surface area contributed by atoms with Crippen LogP contribution in [0.3, 0.4) is 0 Å². The molecule has 1 saturated carbocycles. The quantitative estimate of drug-likeness (QED) is 0.357. The van der Waals surface area contributed by atoms with E-state index in [2.05, 4.69) is 51.3 Å². The molecule has 0 radical (unpaired) electrons. The van der Waals surface area contributed by atoms with Crippen molar-refractivity contribution >= 4 is 11.9 Å². The van der Waals surface area contributed by atoms with Crippen LogP contribution < -0.4 is 16.0 Å². The Morgan fingerprint density at radius 1 is 1.15 bits per heavy atom. The molecule has 0 bridgehead atoms. The fraction of sp³-hybridized carbons (Fsp3) is 0.600. The summed E-state index contributed by atoms with van der Waals surface area (Å²) in [6, 6.07) is 10.7. The van der Waals surface area contributed by atoms with E-state index in [1.54, 1.807) is 7.11 Å². The summed E-state index contributed by atoms with van der Waals surface area (Å²) in [7, 11) is 1.61. The summed E-state index contributed by atoms with van der Waals surface area (Å²) in [5.74, 6) is 0.592. The second-order valence-electron chi connectivity index (χ2n) is 6.74. The molecular formula is C20H32N4O2. The van der Waals surface area contributed by atoms with Crippen molar-refractivity contribution in [2.24, 2.45) is 4.99 Å². The van der Waals surface area contributed by atoms with Crippen LogP contribution in [0, 0.1) is 0 Å². The molecule has 1 aliphatic rings. The van der Waals surface area contributed by atoms with E-state index in [4.69, 9.17) is 4.74 Å². The van der Waals surface area contributed by atoms with Gasteiger partial charge in [-0.25, -0.2) is 4.99 Å². The Balaban J connectivity index is 1.95. The van der Waals surface area contributed by atoms with Crippen LogP contribution in [0.25, 0.3) is 0 Å². The van der Waals surface area contributed by atoms with E-state index in [9.17, 15) is 4.79 Å². The Kier molecular flexibility index (Phi) is 8.41. The lowest BCUT2D eigenvalue weighted by Crippen LogP contribution is -2.45. The number of carbonyl (C=O) groups is 1. The van der Waals surface area contributed by atoms with Gasteiger partial charge in [0.2, 0.25) is 5.91 Å². The minimum absolute atomic E-state index is 0.0992. The van der Waals surface area contributed by atoms with Gasteiger partial charge >= 0.3 is 0 Å². The number of rotatable bonds is 9. The van der Waals surface area contributed by atoms with Crippen molar-refractivity contribution in [2.45, 2.75) is 38.0 Å². The van der Waals surface area contributed by atoms with Gasteiger partial charge < -0.3 is 20.7 Å². The van der Waals surface area contributed by atoms with Crippen molar-refractivity contribution in [2.75, 3.05) is 39.9 Å². The molecule has 0 spiro atoms. The van der Waals surface area contributed by atoms with Gasteiger partial charge in [-0.3, -0.25) is 4.79 Å². The van der Waals surface area contributed by atoms with E-state index in [1.165, 1.54) is 31.2 Å². The fourth-order valence-electron chi connectivity index (χ4n) is 3.50. The summed E-state index contributed by atoms with van der Waals surface area (Å²) in [5.41, 5.74) is 1.54. The fourth-order valence-corrected chi connectivity index (χ4v) is 3.50. The molecule has 1 fully saturated rings. The Morgan fingerprint density at radius 3 is 2.54 bits per heavy atom. The first-order valence-corrected chi connectivity index (χ1v) is 9.53. The number of methoxy groups -OCH3 is 1. The van der Waals surface area contributed by atoms with E-state index < -0.39 is 0 Å². The maximum atomic E-state index is 11.8. The van der Waals surface area contributed by atoms with Crippen molar-refractivity contribution in [3.05, 3.63) is 35.9 Å². The number of hydrogen-bond acceptors (Lipinski definition) is 3. The van der Waals surface area contributed by atoms with Gasteiger partial charge in [0.15, 0.2) is 5.96 Å². The number of amides is 1. The largest absolute Gasteiger partial charge is 0.383 e. The zero-order valence-electron chi connectivity index (χ0n) is 16.0. The second kappa shape index (κ2) is 10.8. The van der Waals surface area contributed by atoms with Gasteiger partial charge in [-0.15, -0.1) is 0 Å². The molecule has 26 heavy (non-hydrogen) atoms. The number of benzene rings is 1. The lowest BCUT2D eigenvalue weighted by Gasteiger charge is -2.30. The maximum Gasteiger partial charge on any atom is 0.241 e. The van der Waals surface area contributed by atoms with Crippen LogP contribution in [0.5, 0.6) is 0 Å². The normalized spacial score (nSPS) is 16.3. The molecule has 2 rings (SSSR count). The number of carbonyl (C=O) groups excluding carboxylic acids is 1. The zero-order chi connectivity index (χ0) is 18.7. The molecule has 1 aromatic rings. The van der Waals surface area contributed by atoms with E-state index in [0.29, 0.717) is 19.1 Å². The van der Waals surface area contributed by atoms with Crippen molar-refractivity contribution < 1.29 is 9.53 Å². The second-order valence-corrected chi connectivity index (χ2v) is 6.74. The summed E-state index contributed by atoms with van der Waals surface area (Å²) in [5, 5.41) is 9.48. The van der Waals surface area contributed by atoms with Crippen molar-refractivity contribution in [3.63, 3.8) is 0 Å². The molecular weight excluding hydrogens is 328 g/mol. The first kappa shape index (κ1) is 20.2. The van der Waals surface area contributed by atoms with Gasteiger partial charge in [0.25, 0.3) is 0 Å². The van der Waals surface area contributed by atoms with Crippen LogP contribution in [-0.2, 0) is 14.9 Å². The smallest absolute Gasteiger partial charge is 0.241 e. The number of aliphatic imine (C=N–C) groups is 1. The molecule has 6 heteroatoms. The molecule has 1 aliphatic carbocycles. The third kappa shape index (κ3) is 6.02. The SMILES string of the molecule is CCNC(=NCC(=O)NCCOC)NCC1(c2ccccc2)CCCC1. The highest BCUT2D eigenvalue weighted by Crippen LogP contribution is 2.40. The number of nitrogens with zero attached hydrogens (tertiary/aromatic N) is 1. The maximum absolute atomic E-state index is 11.8. The van der Waals surface area contributed by atoms with Gasteiger partial charge in [-0.2, -0.15) is 0 Å². The molecule has 6 nitrogen and oxygen atoms in total. The number of ether oxygens (including phenoxy) is 1. The number of hydrogen-bond donors (Lipinski definition) is 3. The monoisotopic (exact) mass is 360 g/mol. The van der Waals surface area contributed by atoms with E-state index in [-0.39, 0.29) is 17.9 Å². The molecule has 0 unspecified atom stereocenters. The Hall–Kier alpha value is -2.08. The Morgan fingerprint density at radius 2 is 1.88 bits per heavy atom. The molecule has 1 aromatic carbocycles. The van der Waals surface area contributed by atoms with Crippen LogP contribution in [0.1, 0.15) is 38.2 Å². The predicted molar refractivity (Wildman–Crippen MR) is 105 cm³/mol. The Bertz CT molecular complexity index is 568. The summed E-state index contributed by atoms with van der Waals surface area (Å²) in [6.45, 7) is 4.73. The number of nitrogens with one attached hydrogen (secondary N) is 3. The van der Waals surface area contributed by atoms with Gasteiger partial charge in [0.1, 0.15) is 6.54 Å². The highest BCUT2D eigenvalue weighted by molar-refractivity contribution is 5.84. The number of guanidine groups is 1. The molecule has 144 valence electrons. The van der Waals surface area contributed by atoms with E-state index in [1.807, 2.05) is 6.92 Å². The average molecular weight is 361 g/mol. The topological polar surface area (TPSA) is 74.8 Å². The summed E-state index contributed by atoms with van der Waals surface area (Å²) in [4.78, 5) is 16.3. The molecule has 0 aromatic heterocycles. The van der Waals surface area contributed by atoms with Crippen LogP contribution >= 0.6 is 0 Å². The minimum Gasteiger partial charge on any atom is -0.383 e. The Labute approximate surface area is 156 Å². The molecule has 0 aliphatic heterocycles. The third-order valence-electron chi connectivity index (χ3n) is 4.89. The lowest BCUT2D eigenvalue weighted by molar-refractivity contribution is -0.119. The van der Waals surface area contributed by atoms with Gasteiger partial charge in [-0.1, -0.05) is 43.2 Å². The molecule has 0 saturated heterocycles. The minimum atomic E-state index is -0.0992. The first-order valence-electron chi connectivity index (χ1n) is 9.53. The van der Waals surface area contributed by atoms with E-state index in [0.717, 1.165) is 13.1 Å². The highest BCUT2D eigenvalue weighted by atomic mass is 16.5. The lowest BCUT2D eigenvalue weighted by atomic mass is 9.79. The molecule has 0 atom stereocenters. The predicted octanol–water partition coefficient (Wildman–Crippen LogP) is 1.82. The van der Waals surface area contributed by atoms with Crippen molar-refractivity contribution in [3.8, 4) is 0 Å².